The van der Waals surface area contributed by atoms with Gasteiger partial charge in [-0.3, -0.25) is 9.59 Å². The zero-order chi connectivity index (χ0) is 26.5. The molecule has 2 heterocycles. The zero-order valence-corrected chi connectivity index (χ0v) is 20.5. The fourth-order valence-electron chi connectivity index (χ4n) is 3.68. The number of carboxylic acid groups (broad SMARTS) is 1. The van der Waals surface area contributed by atoms with Crippen molar-refractivity contribution in [2.45, 2.75) is 34.7 Å². The second-order valence-corrected chi connectivity index (χ2v) is 11.5. The van der Waals surface area contributed by atoms with Crippen LogP contribution in [-0.2, 0) is 32.2 Å². The standard InChI is InChI=1S/C22H20F3N3O6S2/c1-28(2)18(29)9-12-3-5-13(6-4-12)14-11-21(14,20(30)31)27-36(32,33)19-8-7-16(35-19)15-10-17(34-26-15)22(23,24)25/h3-8,10,14,27H,9,11H2,1-2H3,(H,30,31)/t14-,21+/m0/s1. The minimum absolute atomic E-state index is 0.00794. The number of nitrogens with one attached hydrogen (secondary N) is 1. The fraction of sp³-hybridized carbons (Fsp3) is 0.318. The van der Waals surface area contributed by atoms with Crippen LogP contribution in [0, 0.1) is 0 Å². The van der Waals surface area contributed by atoms with Gasteiger partial charge in [0, 0.05) is 26.1 Å². The number of sulfonamides is 1. The lowest BCUT2D eigenvalue weighted by molar-refractivity contribution is -0.155. The number of thiophene rings is 1. The quantitative estimate of drug-likeness (QED) is 0.446. The molecule has 1 saturated carbocycles. The van der Waals surface area contributed by atoms with E-state index in [0.29, 0.717) is 23.0 Å². The van der Waals surface area contributed by atoms with E-state index in [1.54, 1.807) is 38.4 Å². The zero-order valence-electron chi connectivity index (χ0n) is 18.9. The smallest absolute Gasteiger partial charge is 0.452 e. The summed E-state index contributed by atoms with van der Waals surface area (Å²) in [4.78, 5) is 25.5. The number of rotatable bonds is 8. The minimum Gasteiger partial charge on any atom is -0.480 e. The molecule has 2 aromatic heterocycles. The van der Waals surface area contributed by atoms with Gasteiger partial charge in [0.2, 0.25) is 11.7 Å². The number of nitrogens with zero attached hydrogens (tertiary/aromatic N) is 2. The van der Waals surface area contributed by atoms with Gasteiger partial charge in [0.25, 0.3) is 10.0 Å². The number of aromatic nitrogens is 1. The lowest BCUT2D eigenvalue weighted by atomic mass is 10.0. The van der Waals surface area contributed by atoms with Gasteiger partial charge in [-0.25, -0.2) is 8.42 Å². The molecule has 2 atom stereocenters. The highest BCUT2D eigenvalue weighted by Gasteiger charge is 2.63. The first-order valence-corrected chi connectivity index (χ1v) is 12.7. The Bertz CT molecular complexity index is 1410. The number of carbonyl (C=O) groups excluding carboxylic acids is 1. The van der Waals surface area contributed by atoms with Crippen molar-refractivity contribution in [1.82, 2.24) is 14.8 Å². The van der Waals surface area contributed by atoms with Crippen LogP contribution in [0.15, 0.2) is 51.2 Å². The monoisotopic (exact) mass is 543 g/mol. The summed E-state index contributed by atoms with van der Waals surface area (Å²) >= 11 is 0.635. The molecule has 2 N–H and O–H groups in total. The molecule has 1 aromatic carbocycles. The molecule has 36 heavy (non-hydrogen) atoms. The fourth-order valence-corrected chi connectivity index (χ4v) is 6.34. The molecule has 0 bridgehead atoms. The van der Waals surface area contributed by atoms with Gasteiger partial charge in [-0.15, -0.1) is 11.3 Å². The predicted octanol–water partition coefficient (Wildman–Crippen LogP) is 3.34. The van der Waals surface area contributed by atoms with Crippen LogP contribution < -0.4 is 4.72 Å². The van der Waals surface area contributed by atoms with Crippen LogP contribution in [0.4, 0.5) is 13.2 Å². The third-order valence-electron chi connectivity index (χ3n) is 5.78. The SMILES string of the molecule is CN(C)C(=O)Cc1ccc([C@@H]2C[C@]2(NS(=O)(=O)c2ccc(-c3cc(C(F)(F)F)on3)s2)C(=O)O)cc1. The van der Waals surface area contributed by atoms with Gasteiger partial charge >= 0.3 is 12.1 Å². The van der Waals surface area contributed by atoms with E-state index < -0.39 is 39.4 Å². The molecule has 14 heteroatoms. The number of benzene rings is 1. The van der Waals surface area contributed by atoms with Crippen LogP contribution in [0.3, 0.4) is 0 Å². The predicted molar refractivity (Wildman–Crippen MR) is 122 cm³/mol. The Morgan fingerprint density at radius 2 is 1.89 bits per heavy atom. The summed E-state index contributed by atoms with van der Waals surface area (Å²) in [7, 11) is -1.06. The van der Waals surface area contributed by atoms with Crippen LogP contribution in [0.1, 0.15) is 29.2 Å². The van der Waals surface area contributed by atoms with Gasteiger partial charge in [-0.1, -0.05) is 29.4 Å². The minimum atomic E-state index is -4.74. The topological polar surface area (TPSA) is 130 Å². The summed E-state index contributed by atoms with van der Waals surface area (Å²) < 4.78 is 70.5. The Morgan fingerprint density at radius 1 is 1.22 bits per heavy atom. The molecular weight excluding hydrogens is 523 g/mol. The molecule has 1 fully saturated rings. The van der Waals surface area contributed by atoms with Crippen molar-refractivity contribution in [2.75, 3.05) is 14.1 Å². The first-order chi connectivity index (χ1) is 16.7. The van der Waals surface area contributed by atoms with E-state index in [1.165, 1.54) is 11.0 Å². The van der Waals surface area contributed by atoms with Gasteiger partial charge in [-0.05, 0) is 29.7 Å². The molecular formula is C22H20F3N3O6S2. The molecule has 0 spiro atoms. The maximum atomic E-state index is 13.0. The molecule has 192 valence electrons. The number of aliphatic carboxylic acids is 1. The van der Waals surface area contributed by atoms with Crippen LogP contribution in [0.2, 0.25) is 0 Å². The van der Waals surface area contributed by atoms with E-state index >= 15 is 0 Å². The first kappa shape index (κ1) is 25.9. The average molecular weight is 544 g/mol. The van der Waals surface area contributed by atoms with Crippen molar-refractivity contribution >= 4 is 33.2 Å². The largest absolute Gasteiger partial charge is 0.480 e. The number of hydrogen-bond acceptors (Lipinski definition) is 7. The van der Waals surface area contributed by atoms with E-state index in [9.17, 15) is 36.3 Å². The highest BCUT2D eigenvalue weighted by Crippen LogP contribution is 2.52. The van der Waals surface area contributed by atoms with Crippen LogP contribution in [-0.4, -0.2) is 55.1 Å². The van der Waals surface area contributed by atoms with Gasteiger partial charge in [-0.2, -0.15) is 17.9 Å². The molecule has 1 aliphatic carbocycles. The Labute approximate surface area is 207 Å². The number of amides is 1. The van der Waals surface area contributed by atoms with Gasteiger partial charge in [0.1, 0.15) is 15.4 Å². The highest BCUT2D eigenvalue weighted by atomic mass is 32.2. The summed E-state index contributed by atoms with van der Waals surface area (Å²) in [5, 5.41) is 13.2. The maximum absolute atomic E-state index is 13.0. The van der Waals surface area contributed by atoms with Crippen LogP contribution >= 0.6 is 11.3 Å². The summed E-state index contributed by atoms with van der Waals surface area (Å²) in [6.07, 6.45) is -4.56. The molecule has 4 rings (SSSR count). The van der Waals surface area contributed by atoms with Crippen LogP contribution in [0.5, 0.6) is 0 Å². The van der Waals surface area contributed by atoms with Gasteiger partial charge in [0.15, 0.2) is 0 Å². The van der Waals surface area contributed by atoms with Crippen molar-refractivity contribution in [3.8, 4) is 10.6 Å². The van der Waals surface area contributed by atoms with E-state index in [4.69, 9.17) is 0 Å². The normalized spacial score (nSPS) is 19.8. The number of hydrogen-bond donors (Lipinski definition) is 2. The third-order valence-corrected chi connectivity index (χ3v) is 8.89. The molecule has 9 nitrogen and oxygen atoms in total. The van der Waals surface area contributed by atoms with E-state index in [0.717, 1.165) is 11.6 Å². The molecule has 1 aliphatic rings. The lowest BCUT2D eigenvalue weighted by Gasteiger charge is -2.15. The van der Waals surface area contributed by atoms with E-state index in [1.807, 2.05) is 0 Å². The van der Waals surface area contributed by atoms with E-state index in [-0.39, 0.29) is 33.5 Å². The van der Waals surface area contributed by atoms with Crippen molar-refractivity contribution in [3.05, 3.63) is 59.4 Å². The number of likely N-dealkylation sites (N-methyl/N-ethyl adjacent to an activating group) is 1. The van der Waals surface area contributed by atoms with Crippen molar-refractivity contribution in [2.24, 2.45) is 0 Å². The van der Waals surface area contributed by atoms with Gasteiger partial charge in [0.05, 0.1) is 11.3 Å². The molecule has 0 unspecified atom stereocenters. The molecule has 1 amide bonds. The highest BCUT2D eigenvalue weighted by molar-refractivity contribution is 7.91. The van der Waals surface area contributed by atoms with Crippen molar-refractivity contribution in [1.29, 1.82) is 0 Å². The maximum Gasteiger partial charge on any atom is 0.452 e. The van der Waals surface area contributed by atoms with Crippen molar-refractivity contribution < 1.29 is 40.8 Å². The summed E-state index contributed by atoms with van der Waals surface area (Å²) in [6, 6.07) is 9.78. The first-order valence-electron chi connectivity index (χ1n) is 10.4. The van der Waals surface area contributed by atoms with Crippen molar-refractivity contribution in [3.63, 3.8) is 0 Å². The summed E-state index contributed by atoms with van der Waals surface area (Å²) in [5.74, 6) is -3.42. The molecule has 3 aromatic rings. The third kappa shape index (κ3) is 5.01. The van der Waals surface area contributed by atoms with Gasteiger partial charge < -0.3 is 14.5 Å². The molecule has 0 saturated heterocycles. The molecule has 0 aliphatic heterocycles. The Hall–Kier alpha value is -3.23. The number of alkyl halides is 3. The summed E-state index contributed by atoms with van der Waals surface area (Å²) in [5.41, 5.74) is -0.650. The lowest BCUT2D eigenvalue weighted by Crippen LogP contribution is -2.44. The average Bonchev–Trinajstić information content (AvgIpc) is 3.16. The number of carbonyl (C=O) groups is 2. The van der Waals surface area contributed by atoms with Crippen LogP contribution in [0.25, 0.3) is 10.6 Å². The second kappa shape index (κ2) is 9.01. The number of halogens is 3. The molecule has 0 radical (unpaired) electrons. The summed E-state index contributed by atoms with van der Waals surface area (Å²) in [6.45, 7) is 0. The number of carboxylic acids is 1. The Balaban J connectivity index is 1.52. The van der Waals surface area contributed by atoms with E-state index in [2.05, 4.69) is 14.4 Å². The Kier molecular flexibility index (Phi) is 6.47. The second-order valence-electron chi connectivity index (χ2n) is 8.54. The Morgan fingerprint density at radius 3 is 2.44 bits per heavy atom.